The zero-order chi connectivity index (χ0) is 12.3. The van der Waals surface area contributed by atoms with Crippen molar-refractivity contribution in [3.05, 3.63) is 34.9 Å². The van der Waals surface area contributed by atoms with E-state index in [1.165, 1.54) is 0 Å². The van der Waals surface area contributed by atoms with Gasteiger partial charge in [-0.25, -0.2) is 9.97 Å². The average molecular weight is 294 g/mol. The molecule has 0 aliphatic rings. The van der Waals surface area contributed by atoms with E-state index in [2.05, 4.69) is 25.9 Å². The molecule has 1 aromatic carbocycles. The van der Waals surface area contributed by atoms with E-state index in [0.717, 1.165) is 11.3 Å². The third-order valence-electron chi connectivity index (χ3n) is 2.19. The van der Waals surface area contributed by atoms with E-state index in [9.17, 15) is 0 Å². The summed E-state index contributed by atoms with van der Waals surface area (Å²) in [5.74, 6) is 1.87. The van der Waals surface area contributed by atoms with Crippen molar-refractivity contribution in [2.45, 2.75) is 6.92 Å². The summed E-state index contributed by atoms with van der Waals surface area (Å²) in [6.07, 6.45) is 1.65. The number of nitrogens with zero attached hydrogens (tertiary/aromatic N) is 2. The molecule has 0 unspecified atom stereocenters. The van der Waals surface area contributed by atoms with Gasteiger partial charge in [0.05, 0.1) is 11.1 Å². The van der Waals surface area contributed by atoms with Gasteiger partial charge in [0.2, 0.25) is 0 Å². The monoisotopic (exact) mass is 293 g/mol. The Morgan fingerprint density at radius 3 is 2.59 bits per heavy atom. The topological polar surface area (TPSA) is 61.0 Å². The van der Waals surface area contributed by atoms with E-state index in [1.807, 2.05) is 31.2 Å². The minimum atomic E-state index is 0.434. The number of ether oxygens (including phenoxy) is 1. The third kappa shape index (κ3) is 2.74. The fraction of sp³-hybridized carbons (Fsp3) is 0.167. The van der Waals surface area contributed by atoms with Gasteiger partial charge in [0.15, 0.2) is 5.82 Å². The number of rotatable bonds is 3. The molecule has 0 aliphatic heterocycles. The minimum absolute atomic E-state index is 0.434. The molecule has 0 bridgehead atoms. The fourth-order valence-electron chi connectivity index (χ4n) is 1.39. The van der Waals surface area contributed by atoms with Crippen LogP contribution in [0.5, 0.6) is 5.75 Å². The van der Waals surface area contributed by atoms with Crippen molar-refractivity contribution in [2.24, 2.45) is 0 Å². The quantitative estimate of drug-likeness (QED) is 0.945. The Hall–Kier alpha value is -1.62. The molecule has 0 fully saturated rings. The van der Waals surface area contributed by atoms with Gasteiger partial charge in [-0.1, -0.05) is 0 Å². The first kappa shape index (κ1) is 11.9. The second-order valence-corrected chi connectivity index (χ2v) is 4.24. The largest absolute Gasteiger partial charge is 0.494 e. The molecule has 1 aromatic heterocycles. The summed E-state index contributed by atoms with van der Waals surface area (Å²) in [6, 6.07) is 7.60. The second kappa shape index (κ2) is 5.14. The van der Waals surface area contributed by atoms with Crippen LogP contribution in [0.2, 0.25) is 0 Å². The molecule has 0 saturated carbocycles. The Bertz CT molecular complexity index is 514. The van der Waals surface area contributed by atoms with Crippen molar-refractivity contribution < 1.29 is 4.74 Å². The number of aromatic nitrogens is 2. The van der Waals surface area contributed by atoms with Crippen molar-refractivity contribution in [1.82, 2.24) is 9.97 Å². The van der Waals surface area contributed by atoms with Crippen LogP contribution in [0.3, 0.4) is 0 Å². The van der Waals surface area contributed by atoms with E-state index < -0.39 is 0 Å². The molecule has 5 heteroatoms. The van der Waals surface area contributed by atoms with Crippen LogP contribution in [-0.2, 0) is 0 Å². The Labute approximate surface area is 108 Å². The highest BCUT2D eigenvalue weighted by atomic mass is 79.9. The third-order valence-corrected chi connectivity index (χ3v) is 2.81. The van der Waals surface area contributed by atoms with Crippen LogP contribution in [0.15, 0.2) is 34.9 Å². The van der Waals surface area contributed by atoms with Gasteiger partial charge in [-0.05, 0) is 47.1 Å². The van der Waals surface area contributed by atoms with Gasteiger partial charge >= 0.3 is 0 Å². The Balaban J connectivity index is 2.30. The lowest BCUT2D eigenvalue weighted by Crippen LogP contribution is -1.96. The lowest BCUT2D eigenvalue weighted by atomic mass is 10.2. The van der Waals surface area contributed by atoms with E-state index in [4.69, 9.17) is 10.5 Å². The maximum Gasteiger partial charge on any atom is 0.161 e. The van der Waals surface area contributed by atoms with Crippen molar-refractivity contribution in [2.75, 3.05) is 12.3 Å². The first-order valence-corrected chi connectivity index (χ1v) is 6.01. The first-order chi connectivity index (χ1) is 8.20. The second-order valence-electron chi connectivity index (χ2n) is 3.38. The van der Waals surface area contributed by atoms with Gasteiger partial charge < -0.3 is 10.5 Å². The Morgan fingerprint density at radius 2 is 2.00 bits per heavy atom. The van der Waals surface area contributed by atoms with E-state index in [-0.39, 0.29) is 0 Å². The summed E-state index contributed by atoms with van der Waals surface area (Å²) in [5, 5.41) is 0. The molecule has 0 amide bonds. The molecule has 0 aliphatic carbocycles. The van der Waals surface area contributed by atoms with Crippen LogP contribution in [0.1, 0.15) is 6.92 Å². The van der Waals surface area contributed by atoms with Gasteiger partial charge in [-0.15, -0.1) is 0 Å². The maximum absolute atomic E-state index is 5.71. The molecule has 0 saturated heterocycles. The number of hydrogen-bond donors (Lipinski definition) is 1. The predicted octanol–water partition coefficient (Wildman–Crippen LogP) is 2.89. The predicted molar refractivity (Wildman–Crippen MR) is 70.7 cm³/mol. The standard InChI is InChI=1S/C12H12BrN3O/c1-2-17-9-5-3-8(4-6-9)12-15-7-10(13)11(14)16-12/h3-7H,2H2,1H3,(H2,14,15,16). The summed E-state index contributed by atoms with van der Waals surface area (Å²) < 4.78 is 6.07. The molecular weight excluding hydrogens is 282 g/mol. The van der Waals surface area contributed by atoms with Gasteiger partial charge in [0, 0.05) is 11.8 Å². The van der Waals surface area contributed by atoms with Crippen molar-refractivity contribution in [3.8, 4) is 17.1 Å². The van der Waals surface area contributed by atoms with E-state index in [1.54, 1.807) is 6.20 Å². The van der Waals surface area contributed by atoms with Crippen molar-refractivity contribution in [3.63, 3.8) is 0 Å². The molecule has 0 atom stereocenters. The van der Waals surface area contributed by atoms with Crippen LogP contribution >= 0.6 is 15.9 Å². The van der Waals surface area contributed by atoms with Gasteiger partial charge in [0.25, 0.3) is 0 Å². The van der Waals surface area contributed by atoms with E-state index in [0.29, 0.717) is 22.7 Å². The molecule has 4 nitrogen and oxygen atoms in total. The smallest absolute Gasteiger partial charge is 0.161 e. The van der Waals surface area contributed by atoms with Crippen LogP contribution in [0.4, 0.5) is 5.82 Å². The highest BCUT2D eigenvalue weighted by molar-refractivity contribution is 9.10. The SMILES string of the molecule is CCOc1ccc(-c2ncc(Br)c(N)n2)cc1. The van der Waals surface area contributed by atoms with Crippen LogP contribution < -0.4 is 10.5 Å². The molecule has 2 rings (SSSR count). The zero-order valence-corrected chi connectivity index (χ0v) is 10.9. The number of benzene rings is 1. The molecule has 1 heterocycles. The lowest BCUT2D eigenvalue weighted by Gasteiger charge is -2.05. The normalized spacial score (nSPS) is 10.2. The van der Waals surface area contributed by atoms with Crippen molar-refractivity contribution >= 4 is 21.7 Å². The van der Waals surface area contributed by atoms with Gasteiger partial charge in [-0.3, -0.25) is 0 Å². The van der Waals surface area contributed by atoms with Gasteiger partial charge in [-0.2, -0.15) is 0 Å². The number of anilines is 1. The van der Waals surface area contributed by atoms with Crippen LogP contribution in [0, 0.1) is 0 Å². The molecule has 17 heavy (non-hydrogen) atoms. The number of halogens is 1. The lowest BCUT2D eigenvalue weighted by molar-refractivity contribution is 0.340. The summed E-state index contributed by atoms with van der Waals surface area (Å²) in [4.78, 5) is 8.40. The number of hydrogen-bond acceptors (Lipinski definition) is 4. The average Bonchev–Trinajstić information content (AvgIpc) is 2.34. The highest BCUT2D eigenvalue weighted by Gasteiger charge is 2.04. The van der Waals surface area contributed by atoms with E-state index >= 15 is 0 Å². The summed E-state index contributed by atoms with van der Waals surface area (Å²) in [7, 11) is 0. The molecule has 2 N–H and O–H groups in total. The molecule has 88 valence electrons. The Kier molecular flexibility index (Phi) is 3.58. The van der Waals surface area contributed by atoms with Gasteiger partial charge in [0.1, 0.15) is 11.6 Å². The highest BCUT2D eigenvalue weighted by Crippen LogP contribution is 2.22. The maximum atomic E-state index is 5.71. The summed E-state index contributed by atoms with van der Waals surface area (Å²) >= 11 is 3.26. The minimum Gasteiger partial charge on any atom is -0.494 e. The summed E-state index contributed by atoms with van der Waals surface area (Å²) in [5.41, 5.74) is 6.62. The van der Waals surface area contributed by atoms with Crippen LogP contribution in [-0.4, -0.2) is 16.6 Å². The number of nitrogens with two attached hydrogens (primary N) is 1. The fourth-order valence-corrected chi connectivity index (χ4v) is 1.58. The molecule has 0 radical (unpaired) electrons. The molecular formula is C12H12BrN3O. The number of nitrogen functional groups attached to an aromatic ring is 1. The van der Waals surface area contributed by atoms with Crippen LogP contribution in [0.25, 0.3) is 11.4 Å². The zero-order valence-electron chi connectivity index (χ0n) is 9.35. The molecule has 0 spiro atoms. The summed E-state index contributed by atoms with van der Waals surface area (Å²) in [6.45, 7) is 2.60. The Morgan fingerprint density at radius 1 is 1.29 bits per heavy atom. The van der Waals surface area contributed by atoms with Crippen molar-refractivity contribution in [1.29, 1.82) is 0 Å². The first-order valence-electron chi connectivity index (χ1n) is 5.22. The molecule has 2 aromatic rings.